The lowest BCUT2D eigenvalue weighted by Crippen LogP contribution is -2.35. The summed E-state index contributed by atoms with van der Waals surface area (Å²) in [6.45, 7) is 9.46. The minimum atomic E-state index is -0.904. The lowest BCUT2D eigenvalue weighted by atomic mass is 9.90. The molecule has 4 rings (SSSR count). The second kappa shape index (κ2) is 6.86. The van der Waals surface area contributed by atoms with Crippen LogP contribution in [0.5, 0.6) is 0 Å². The first-order chi connectivity index (χ1) is 12.9. The number of rotatable bonds is 2. The fourth-order valence-corrected chi connectivity index (χ4v) is 7.16. The molecule has 0 radical (unpaired) electrons. The fraction of sp³-hybridized carbons (Fsp3) is 0.417. The molecule has 1 saturated heterocycles. The predicted molar refractivity (Wildman–Crippen MR) is 117 cm³/mol. The number of aromatic nitrogens is 2. The quantitative estimate of drug-likeness (QED) is 0.401. The third-order valence-electron chi connectivity index (χ3n) is 6.65. The van der Waals surface area contributed by atoms with Crippen LogP contribution in [0, 0.1) is 13.8 Å². The summed E-state index contributed by atoms with van der Waals surface area (Å²) in [5, 5.41) is 2.71. The Morgan fingerprint density at radius 3 is 2.48 bits per heavy atom. The van der Waals surface area contributed by atoms with Crippen molar-refractivity contribution >= 4 is 18.8 Å². The summed E-state index contributed by atoms with van der Waals surface area (Å²) in [5.74, 6) is 0.746. The zero-order chi connectivity index (χ0) is 19.2. The zero-order valence-corrected chi connectivity index (χ0v) is 18.3. The molecule has 27 heavy (non-hydrogen) atoms. The lowest BCUT2D eigenvalue weighted by Gasteiger charge is -2.33. The first-order valence-corrected chi connectivity index (χ1v) is 13.6. The highest BCUT2D eigenvalue weighted by Gasteiger charge is 2.29. The Morgan fingerprint density at radius 2 is 1.78 bits per heavy atom. The minimum Gasteiger partial charge on any atom is -0.264 e. The summed E-state index contributed by atoms with van der Waals surface area (Å²) in [7, 11) is 1.27. The summed E-state index contributed by atoms with van der Waals surface area (Å²) in [5.41, 5.74) is 6.64. The van der Waals surface area contributed by atoms with Crippen molar-refractivity contribution in [3.8, 4) is 11.3 Å². The number of hydrogen-bond acceptors (Lipinski definition) is 1. The van der Waals surface area contributed by atoms with Crippen molar-refractivity contribution in [1.29, 1.82) is 0 Å². The molecule has 0 spiro atoms. The van der Waals surface area contributed by atoms with Crippen molar-refractivity contribution in [1.82, 2.24) is 4.98 Å². The van der Waals surface area contributed by atoms with E-state index in [0.29, 0.717) is 0 Å². The van der Waals surface area contributed by atoms with E-state index in [0.717, 1.165) is 5.92 Å². The van der Waals surface area contributed by atoms with Crippen LogP contribution in [0.15, 0.2) is 42.7 Å². The number of benzene rings is 1. The minimum absolute atomic E-state index is 0.746. The van der Waals surface area contributed by atoms with Crippen molar-refractivity contribution in [2.75, 3.05) is 0 Å². The van der Waals surface area contributed by atoms with Crippen molar-refractivity contribution in [2.45, 2.75) is 57.8 Å². The molecule has 2 nitrogen and oxygen atoms in total. The van der Waals surface area contributed by atoms with Crippen LogP contribution < -0.4 is 4.57 Å². The predicted octanol–water partition coefficient (Wildman–Crippen LogP) is 5.93. The molecule has 140 valence electrons. The topological polar surface area (TPSA) is 16.8 Å². The van der Waals surface area contributed by atoms with Crippen LogP contribution in [-0.4, -0.2) is 13.1 Å². The average molecular weight is 376 g/mol. The first kappa shape index (κ1) is 18.4. The monoisotopic (exact) mass is 375 g/mol. The highest BCUT2D eigenvalue weighted by atomic mass is 28.3. The van der Waals surface area contributed by atoms with Crippen molar-refractivity contribution in [2.24, 2.45) is 7.05 Å². The van der Waals surface area contributed by atoms with Gasteiger partial charge in [-0.25, -0.2) is 0 Å². The molecule has 3 heterocycles. The van der Waals surface area contributed by atoms with E-state index in [-0.39, 0.29) is 0 Å². The van der Waals surface area contributed by atoms with E-state index >= 15 is 0 Å². The molecule has 0 amide bonds. The third-order valence-corrected chi connectivity index (χ3v) is 9.93. The molecule has 2 aromatic heterocycles. The summed E-state index contributed by atoms with van der Waals surface area (Å²) in [6, 6.07) is 14.6. The lowest BCUT2D eigenvalue weighted by molar-refractivity contribution is -0.665. The van der Waals surface area contributed by atoms with Gasteiger partial charge in [0.1, 0.15) is 7.05 Å². The van der Waals surface area contributed by atoms with Crippen LogP contribution in [0.25, 0.3) is 22.0 Å². The van der Waals surface area contributed by atoms with Gasteiger partial charge in [-0.05, 0) is 54.3 Å². The highest BCUT2D eigenvalue weighted by molar-refractivity contribution is 6.77. The van der Waals surface area contributed by atoms with Crippen molar-refractivity contribution < 1.29 is 4.57 Å². The van der Waals surface area contributed by atoms with Gasteiger partial charge in [-0.2, -0.15) is 4.57 Å². The molecule has 0 N–H and O–H groups in total. The van der Waals surface area contributed by atoms with E-state index in [4.69, 9.17) is 0 Å². The van der Waals surface area contributed by atoms with E-state index in [1.165, 1.54) is 63.8 Å². The second-order valence-electron chi connectivity index (χ2n) is 9.17. The SMILES string of the molecule is Cc1cnccc1-c1c2ccc(C3CC[Si](C)(C)CC3)cc2cc(C)[n+]1C. The van der Waals surface area contributed by atoms with Gasteiger partial charge >= 0.3 is 0 Å². The fourth-order valence-electron chi connectivity index (χ4n) is 4.65. The normalized spacial score (nSPS) is 17.4. The number of hydrogen-bond donors (Lipinski definition) is 0. The number of fused-ring (bicyclic) bond motifs is 1. The maximum Gasteiger partial charge on any atom is 0.220 e. The molecule has 0 bridgehead atoms. The maximum absolute atomic E-state index is 4.28. The van der Waals surface area contributed by atoms with Crippen LogP contribution in [0.2, 0.25) is 25.2 Å². The average Bonchev–Trinajstić information content (AvgIpc) is 2.63. The third kappa shape index (κ3) is 3.45. The van der Waals surface area contributed by atoms with Crippen LogP contribution >= 0.6 is 0 Å². The molecule has 1 aliphatic heterocycles. The van der Waals surface area contributed by atoms with Gasteiger partial charge in [0.2, 0.25) is 5.69 Å². The molecule has 3 heteroatoms. The Labute approximate surface area is 164 Å². The van der Waals surface area contributed by atoms with Gasteiger partial charge in [0, 0.05) is 33.5 Å². The van der Waals surface area contributed by atoms with Crippen LogP contribution in [0.1, 0.15) is 35.6 Å². The van der Waals surface area contributed by atoms with Crippen LogP contribution in [0.4, 0.5) is 0 Å². The number of aryl methyl sites for hydroxylation is 2. The van der Waals surface area contributed by atoms with E-state index in [9.17, 15) is 0 Å². The van der Waals surface area contributed by atoms with Crippen LogP contribution in [-0.2, 0) is 7.05 Å². The Hall–Kier alpha value is -2.00. The molecule has 3 aromatic rings. The summed E-state index contributed by atoms with van der Waals surface area (Å²) in [4.78, 5) is 4.28. The van der Waals surface area contributed by atoms with Gasteiger partial charge in [-0.3, -0.25) is 4.98 Å². The van der Waals surface area contributed by atoms with Gasteiger partial charge in [0.25, 0.3) is 0 Å². The van der Waals surface area contributed by atoms with Crippen molar-refractivity contribution in [3.63, 3.8) is 0 Å². The van der Waals surface area contributed by atoms with E-state index in [2.05, 4.69) is 73.9 Å². The molecule has 1 aromatic carbocycles. The summed E-state index contributed by atoms with van der Waals surface area (Å²) < 4.78 is 2.32. The molecule has 0 atom stereocenters. The molecular weight excluding hydrogens is 344 g/mol. The van der Waals surface area contributed by atoms with E-state index in [1.54, 1.807) is 0 Å². The van der Waals surface area contributed by atoms with Gasteiger partial charge < -0.3 is 0 Å². The molecule has 0 unspecified atom stereocenters. The number of pyridine rings is 2. The Kier molecular flexibility index (Phi) is 4.67. The van der Waals surface area contributed by atoms with Gasteiger partial charge in [0.05, 0.1) is 10.9 Å². The Balaban J connectivity index is 1.82. The highest BCUT2D eigenvalue weighted by Crippen LogP contribution is 2.39. The molecular formula is C24H31N2Si+. The van der Waals surface area contributed by atoms with Crippen molar-refractivity contribution in [3.05, 3.63) is 59.5 Å². The maximum atomic E-state index is 4.28. The van der Waals surface area contributed by atoms with Crippen LogP contribution in [0.3, 0.4) is 0 Å². The Morgan fingerprint density at radius 1 is 1.04 bits per heavy atom. The second-order valence-corrected chi connectivity index (χ2v) is 14.5. The van der Waals surface area contributed by atoms with Gasteiger partial charge in [-0.15, -0.1) is 0 Å². The van der Waals surface area contributed by atoms with E-state index in [1.807, 2.05) is 12.4 Å². The molecule has 0 aliphatic carbocycles. The van der Waals surface area contributed by atoms with E-state index < -0.39 is 8.07 Å². The summed E-state index contributed by atoms with van der Waals surface area (Å²) >= 11 is 0. The summed E-state index contributed by atoms with van der Waals surface area (Å²) in [6.07, 6.45) is 6.62. The van der Waals surface area contributed by atoms with Gasteiger partial charge in [0.15, 0.2) is 5.69 Å². The Bertz CT molecular complexity index is 997. The number of nitrogens with zero attached hydrogens (tertiary/aromatic N) is 2. The smallest absolute Gasteiger partial charge is 0.220 e. The van der Waals surface area contributed by atoms with Gasteiger partial charge in [-0.1, -0.05) is 37.3 Å². The molecule has 0 saturated carbocycles. The zero-order valence-electron chi connectivity index (χ0n) is 17.3. The first-order valence-electron chi connectivity index (χ1n) is 10.2. The standard InChI is InChI=1S/C24H31N2Si/c1-17-16-25-11-8-22(17)24-23-7-6-20(15-21(23)14-18(2)26(24)3)19-9-12-27(4,5)13-10-19/h6-8,11,14-16,19H,9-10,12-13H2,1-5H3/q+1. The molecule has 1 aliphatic rings. The molecule has 1 fully saturated rings. The largest absolute Gasteiger partial charge is 0.264 e.